The predicted octanol–water partition coefficient (Wildman–Crippen LogP) is 2.95. The number of hydrogen-bond donors (Lipinski definition) is 2. The Hall–Kier alpha value is -2.75. The third-order valence-electron chi connectivity index (χ3n) is 6.71. The van der Waals surface area contributed by atoms with Crippen molar-refractivity contribution in [2.75, 3.05) is 18.4 Å². The number of amides is 2. The van der Waals surface area contributed by atoms with Crippen molar-refractivity contribution in [3.05, 3.63) is 59.7 Å². The molecule has 34 heavy (non-hydrogen) atoms. The number of primary amides is 1. The van der Waals surface area contributed by atoms with Gasteiger partial charge in [-0.3, -0.25) is 14.5 Å². The summed E-state index contributed by atoms with van der Waals surface area (Å²) in [5.41, 5.74) is 7.36. The number of rotatable bonds is 7. The van der Waals surface area contributed by atoms with Crippen molar-refractivity contribution < 1.29 is 18.0 Å². The number of hydrogen-bond acceptors (Lipinski definition) is 5. The molecule has 2 atom stereocenters. The number of anilines is 1. The van der Waals surface area contributed by atoms with E-state index in [2.05, 4.69) is 10.2 Å². The minimum atomic E-state index is -3.66. The molecule has 2 saturated heterocycles. The van der Waals surface area contributed by atoms with Crippen molar-refractivity contribution in [2.24, 2.45) is 5.73 Å². The zero-order valence-electron chi connectivity index (χ0n) is 19.4. The van der Waals surface area contributed by atoms with Gasteiger partial charge < -0.3 is 11.1 Å². The van der Waals surface area contributed by atoms with Gasteiger partial charge in [-0.15, -0.1) is 0 Å². The number of nitrogens with one attached hydrogen (secondary N) is 1. The Bertz CT molecular complexity index is 1170. The highest BCUT2D eigenvalue weighted by Gasteiger charge is 2.31. The molecular weight excluding hydrogens is 452 g/mol. The standard InChI is InChI=1S/C25H32N4O4S/c1-18-7-2-3-14-29(18)34(32,33)22-11-5-9-20(16-22)25(31)27-21-10-4-8-19(15-21)17-28-13-6-12-23(28)24(26)30/h4-5,8-11,15-16,18,23H,2-3,6-7,12-14,17H2,1H3,(H2,26,30)(H,27,31). The van der Waals surface area contributed by atoms with Crippen LogP contribution in [0.1, 0.15) is 54.9 Å². The maximum absolute atomic E-state index is 13.2. The fraction of sp³-hybridized carbons (Fsp3) is 0.440. The number of piperidine rings is 1. The van der Waals surface area contributed by atoms with Crippen LogP contribution in [-0.4, -0.2) is 54.6 Å². The minimum Gasteiger partial charge on any atom is -0.368 e. The topological polar surface area (TPSA) is 113 Å². The molecule has 182 valence electrons. The van der Waals surface area contributed by atoms with Crippen molar-refractivity contribution in [1.29, 1.82) is 0 Å². The molecule has 2 unspecified atom stereocenters. The van der Waals surface area contributed by atoms with E-state index in [0.717, 1.165) is 44.2 Å². The normalized spacial score (nSPS) is 21.9. The molecule has 2 aliphatic heterocycles. The van der Waals surface area contributed by atoms with Crippen LogP contribution in [0, 0.1) is 0 Å². The van der Waals surface area contributed by atoms with Gasteiger partial charge >= 0.3 is 0 Å². The molecule has 9 heteroatoms. The molecular formula is C25H32N4O4S. The number of nitrogens with two attached hydrogens (primary N) is 1. The molecule has 2 aromatic rings. The Labute approximate surface area is 201 Å². The molecule has 0 spiro atoms. The van der Waals surface area contributed by atoms with Crippen molar-refractivity contribution >= 4 is 27.5 Å². The van der Waals surface area contributed by atoms with Gasteiger partial charge in [-0.1, -0.05) is 24.6 Å². The van der Waals surface area contributed by atoms with E-state index in [9.17, 15) is 18.0 Å². The van der Waals surface area contributed by atoms with Crippen LogP contribution in [0.3, 0.4) is 0 Å². The predicted molar refractivity (Wildman–Crippen MR) is 131 cm³/mol. The average Bonchev–Trinajstić information content (AvgIpc) is 3.28. The van der Waals surface area contributed by atoms with E-state index in [4.69, 9.17) is 5.73 Å². The summed E-state index contributed by atoms with van der Waals surface area (Å²) in [7, 11) is -3.66. The first-order valence-corrected chi connectivity index (χ1v) is 13.3. The van der Waals surface area contributed by atoms with Gasteiger partial charge in [0, 0.05) is 30.4 Å². The van der Waals surface area contributed by atoms with Crippen molar-refractivity contribution in [3.8, 4) is 0 Å². The largest absolute Gasteiger partial charge is 0.368 e. The van der Waals surface area contributed by atoms with Crippen LogP contribution in [0.15, 0.2) is 53.4 Å². The summed E-state index contributed by atoms with van der Waals surface area (Å²) < 4.78 is 27.9. The summed E-state index contributed by atoms with van der Waals surface area (Å²) in [6, 6.07) is 13.3. The zero-order chi connectivity index (χ0) is 24.3. The molecule has 2 heterocycles. The van der Waals surface area contributed by atoms with Gasteiger partial charge in [0.05, 0.1) is 10.9 Å². The summed E-state index contributed by atoms with van der Waals surface area (Å²) in [4.78, 5) is 26.8. The van der Waals surface area contributed by atoms with Gasteiger partial charge in [0.25, 0.3) is 5.91 Å². The lowest BCUT2D eigenvalue weighted by Crippen LogP contribution is -2.41. The number of benzene rings is 2. The highest BCUT2D eigenvalue weighted by molar-refractivity contribution is 7.89. The Morgan fingerprint density at radius 2 is 1.82 bits per heavy atom. The number of carbonyl (C=O) groups excluding carboxylic acids is 2. The maximum atomic E-state index is 13.2. The zero-order valence-corrected chi connectivity index (χ0v) is 20.3. The molecule has 2 fully saturated rings. The Morgan fingerprint density at radius 1 is 1.03 bits per heavy atom. The Kier molecular flexibility index (Phi) is 7.35. The highest BCUT2D eigenvalue weighted by Crippen LogP contribution is 2.26. The monoisotopic (exact) mass is 484 g/mol. The third kappa shape index (κ3) is 5.32. The quantitative estimate of drug-likeness (QED) is 0.627. The minimum absolute atomic E-state index is 0.0521. The van der Waals surface area contributed by atoms with Gasteiger partial charge in [-0.25, -0.2) is 8.42 Å². The lowest BCUT2D eigenvalue weighted by molar-refractivity contribution is -0.122. The summed E-state index contributed by atoms with van der Waals surface area (Å²) in [6.07, 6.45) is 4.40. The molecule has 0 saturated carbocycles. The van der Waals surface area contributed by atoms with Crippen molar-refractivity contribution in [1.82, 2.24) is 9.21 Å². The summed E-state index contributed by atoms with van der Waals surface area (Å²) >= 11 is 0. The molecule has 0 radical (unpaired) electrons. The highest BCUT2D eigenvalue weighted by atomic mass is 32.2. The summed E-state index contributed by atoms with van der Waals surface area (Å²) in [5.74, 6) is -0.687. The molecule has 2 aromatic carbocycles. The fourth-order valence-electron chi connectivity index (χ4n) is 4.88. The van der Waals surface area contributed by atoms with E-state index in [0.29, 0.717) is 18.8 Å². The lowest BCUT2D eigenvalue weighted by Gasteiger charge is -2.32. The van der Waals surface area contributed by atoms with E-state index in [1.807, 2.05) is 25.1 Å². The number of nitrogens with zero attached hydrogens (tertiary/aromatic N) is 2. The van der Waals surface area contributed by atoms with Crippen LogP contribution in [0.25, 0.3) is 0 Å². The lowest BCUT2D eigenvalue weighted by atomic mass is 10.1. The van der Waals surface area contributed by atoms with Crippen molar-refractivity contribution in [2.45, 2.75) is 62.6 Å². The molecule has 2 aliphatic rings. The van der Waals surface area contributed by atoms with Gasteiger partial charge in [-0.2, -0.15) is 4.31 Å². The number of sulfonamides is 1. The first-order chi connectivity index (χ1) is 16.3. The first-order valence-electron chi connectivity index (χ1n) is 11.8. The van der Waals surface area contributed by atoms with Gasteiger partial charge in [0.15, 0.2) is 0 Å². The van der Waals surface area contributed by atoms with Crippen molar-refractivity contribution in [3.63, 3.8) is 0 Å². The van der Waals surface area contributed by atoms with Crippen LogP contribution >= 0.6 is 0 Å². The van der Waals surface area contributed by atoms with Gasteiger partial charge in [0.1, 0.15) is 0 Å². The third-order valence-corrected chi connectivity index (χ3v) is 8.72. The van der Waals surface area contributed by atoms with Crippen LogP contribution in [0.4, 0.5) is 5.69 Å². The van der Waals surface area contributed by atoms with E-state index >= 15 is 0 Å². The molecule has 4 rings (SSSR count). The van der Waals surface area contributed by atoms with E-state index < -0.39 is 10.0 Å². The molecule has 2 amide bonds. The summed E-state index contributed by atoms with van der Waals surface area (Å²) in [6.45, 7) is 3.80. The van der Waals surface area contributed by atoms with Gasteiger partial charge in [0.2, 0.25) is 15.9 Å². The van der Waals surface area contributed by atoms with Crippen LogP contribution < -0.4 is 11.1 Å². The maximum Gasteiger partial charge on any atom is 0.255 e. The SMILES string of the molecule is CC1CCCCN1S(=O)(=O)c1cccc(C(=O)Nc2cccc(CN3CCCC3C(N)=O)c2)c1. The second-order valence-electron chi connectivity index (χ2n) is 9.17. The molecule has 0 aliphatic carbocycles. The van der Waals surface area contributed by atoms with Crippen LogP contribution in [-0.2, 0) is 21.4 Å². The van der Waals surface area contributed by atoms with Crippen LogP contribution in [0.2, 0.25) is 0 Å². The smallest absolute Gasteiger partial charge is 0.255 e. The molecule has 3 N–H and O–H groups in total. The van der Waals surface area contributed by atoms with Crippen LogP contribution in [0.5, 0.6) is 0 Å². The molecule has 0 aromatic heterocycles. The molecule has 8 nitrogen and oxygen atoms in total. The van der Waals surface area contributed by atoms with E-state index in [1.54, 1.807) is 24.3 Å². The second-order valence-corrected chi connectivity index (χ2v) is 11.1. The van der Waals surface area contributed by atoms with E-state index in [-0.39, 0.29) is 34.4 Å². The Morgan fingerprint density at radius 3 is 2.59 bits per heavy atom. The number of carbonyl (C=O) groups is 2. The first kappa shape index (κ1) is 24.4. The fourth-order valence-corrected chi connectivity index (χ4v) is 6.63. The number of likely N-dealkylation sites (tertiary alicyclic amines) is 1. The van der Waals surface area contributed by atoms with E-state index in [1.165, 1.54) is 10.4 Å². The van der Waals surface area contributed by atoms with Gasteiger partial charge in [-0.05, 0) is 75.0 Å². The summed E-state index contributed by atoms with van der Waals surface area (Å²) in [5, 5.41) is 2.87. The Balaban J connectivity index is 1.47. The molecule has 0 bridgehead atoms. The average molecular weight is 485 g/mol. The second kappa shape index (κ2) is 10.2.